The SMILES string of the molecule is CCc1c(-c2cccnc2)cc(-c2ccccc2)n1C. The number of rotatable bonds is 3. The molecule has 2 heterocycles. The summed E-state index contributed by atoms with van der Waals surface area (Å²) in [6.07, 6.45) is 4.76. The first-order chi connectivity index (χ1) is 9.81. The van der Waals surface area contributed by atoms with Crippen LogP contribution in [0.2, 0.25) is 0 Å². The van der Waals surface area contributed by atoms with E-state index in [0.717, 1.165) is 6.42 Å². The molecule has 0 aliphatic heterocycles. The Morgan fingerprint density at radius 1 is 1.00 bits per heavy atom. The van der Waals surface area contributed by atoms with Gasteiger partial charge in [0.15, 0.2) is 0 Å². The lowest BCUT2D eigenvalue weighted by atomic mass is 10.1. The first kappa shape index (κ1) is 12.7. The van der Waals surface area contributed by atoms with E-state index in [0.29, 0.717) is 0 Å². The van der Waals surface area contributed by atoms with Crippen LogP contribution in [-0.4, -0.2) is 9.55 Å². The zero-order valence-electron chi connectivity index (χ0n) is 11.9. The molecule has 0 spiro atoms. The molecule has 0 radical (unpaired) electrons. The summed E-state index contributed by atoms with van der Waals surface area (Å²) in [6, 6.07) is 16.9. The van der Waals surface area contributed by atoms with Crippen LogP contribution in [0.4, 0.5) is 0 Å². The molecule has 3 aromatic rings. The van der Waals surface area contributed by atoms with Gasteiger partial charge in [0, 0.05) is 42.0 Å². The minimum absolute atomic E-state index is 1.01. The molecule has 0 aliphatic carbocycles. The summed E-state index contributed by atoms with van der Waals surface area (Å²) in [5.74, 6) is 0. The van der Waals surface area contributed by atoms with Crippen molar-refractivity contribution in [3.05, 3.63) is 66.6 Å². The van der Waals surface area contributed by atoms with Crippen LogP contribution < -0.4 is 0 Å². The molecule has 2 aromatic heterocycles. The Bertz CT molecular complexity index is 697. The average Bonchev–Trinajstić information content (AvgIpc) is 2.86. The fourth-order valence-electron chi connectivity index (χ4n) is 2.73. The smallest absolute Gasteiger partial charge is 0.0486 e. The molecule has 0 saturated heterocycles. The summed E-state index contributed by atoms with van der Waals surface area (Å²) in [7, 11) is 2.14. The monoisotopic (exact) mass is 262 g/mol. The highest BCUT2D eigenvalue weighted by atomic mass is 15.0. The van der Waals surface area contributed by atoms with Gasteiger partial charge in [0.25, 0.3) is 0 Å². The van der Waals surface area contributed by atoms with Crippen LogP contribution in [0.3, 0.4) is 0 Å². The fourth-order valence-corrected chi connectivity index (χ4v) is 2.73. The zero-order chi connectivity index (χ0) is 13.9. The van der Waals surface area contributed by atoms with E-state index in [1.165, 1.54) is 28.1 Å². The average molecular weight is 262 g/mol. The van der Waals surface area contributed by atoms with Crippen LogP contribution in [-0.2, 0) is 13.5 Å². The van der Waals surface area contributed by atoms with Crippen molar-refractivity contribution >= 4 is 0 Å². The summed E-state index contributed by atoms with van der Waals surface area (Å²) < 4.78 is 2.29. The van der Waals surface area contributed by atoms with Gasteiger partial charge >= 0.3 is 0 Å². The van der Waals surface area contributed by atoms with Gasteiger partial charge in [-0.2, -0.15) is 0 Å². The number of aromatic nitrogens is 2. The Morgan fingerprint density at radius 3 is 2.40 bits per heavy atom. The van der Waals surface area contributed by atoms with E-state index in [-0.39, 0.29) is 0 Å². The van der Waals surface area contributed by atoms with Gasteiger partial charge in [0.05, 0.1) is 0 Å². The molecule has 1 aromatic carbocycles. The van der Waals surface area contributed by atoms with E-state index in [2.05, 4.69) is 66.0 Å². The number of hydrogen-bond donors (Lipinski definition) is 0. The maximum atomic E-state index is 4.24. The van der Waals surface area contributed by atoms with Gasteiger partial charge in [-0.3, -0.25) is 4.98 Å². The van der Waals surface area contributed by atoms with Crippen LogP contribution in [0.1, 0.15) is 12.6 Å². The van der Waals surface area contributed by atoms with Crippen LogP contribution >= 0.6 is 0 Å². The van der Waals surface area contributed by atoms with Crippen LogP contribution in [0.15, 0.2) is 60.9 Å². The largest absolute Gasteiger partial charge is 0.347 e. The first-order valence-corrected chi connectivity index (χ1v) is 6.95. The van der Waals surface area contributed by atoms with Gasteiger partial charge in [0.1, 0.15) is 0 Å². The molecule has 0 aliphatic rings. The highest BCUT2D eigenvalue weighted by molar-refractivity contribution is 5.74. The van der Waals surface area contributed by atoms with Crippen molar-refractivity contribution in [2.24, 2.45) is 7.05 Å². The molecular formula is C18H18N2. The summed E-state index contributed by atoms with van der Waals surface area (Å²) in [6.45, 7) is 2.20. The predicted molar refractivity (Wildman–Crippen MR) is 83.5 cm³/mol. The van der Waals surface area contributed by atoms with Gasteiger partial charge in [-0.25, -0.2) is 0 Å². The van der Waals surface area contributed by atoms with Crippen molar-refractivity contribution in [2.75, 3.05) is 0 Å². The van der Waals surface area contributed by atoms with Gasteiger partial charge in [-0.05, 0) is 24.1 Å². The van der Waals surface area contributed by atoms with Crippen molar-refractivity contribution in [1.29, 1.82) is 0 Å². The second kappa shape index (κ2) is 5.33. The molecular weight excluding hydrogens is 244 g/mol. The van der Waals surface area contributed by atoms with Gasteiger partial charge < -0.3 is 4.57 Å². The van der Waals surface area contributed by atoms with Crippen molar-refractivity contribution in [3.63, 3.8) is 0 Å². The standard InChI is InChI=1S/C18H18N2/c1-3-17-16(15-10-7-11-19-13-15)12-18(20(17)2)14-8-5-4-6-9-14/h4-13H,3H2,1-2H3. The van der Waals surface area contributed by atoms with E-state index < -0.39 is 0 Å². The molecule has 0 atom stereocenters. The number of benzene rings is 1. The number of nitrogens with zero attached hydrogens (tertiary/aromatic N) is 2. The molecule has 0 saturated carbocycles. The molecule has 3 rings (SSSR count). The van der Waals surface area contributed by atoms with E-state index in [1.54, 1.807) is 0 Å². The lowest BCUT2D eigenvalue weighted by Crippen LogP contribution is -1.97. The summed E-state index contributed by atoms with van der Waals surface area (Å²) in [5.41, 5.74) is 6.31. The Hall–Kier alpha value is -2.35. The molecule has 20 heavy (non-hydrogen) atoms. The highest BCUT2D eigenvalue weighted by Crippen LogP contribution is 2.31. The molecule has 0 bridgehead atoms. The van der Waals surface area contributed by atoms with E-state index in [9.17, 15) is 0 Å². The fraction of sp³-hybridized carbons (Fsp3) is 0.167. The number of pyridine rings is 1. The first-order valence-electron chi connectivity index (χ1n) is 6.95. The third kappa shape index (κ3) is 2.14. The molecule has 0 amide bonds. The predicted octanol–water partition coefficient (Wildman–Crippen LogP) is 4.32. The lowest BCUT2D eigenvalue weighted by Gasteiger charge is -2.07. The summed E-state index contributed by atoms with van der Waals surface area (Å²) >= 11 is 0. The van der Waals surface area contributed by atoms with Crippen LogP contribution in [0.25, 0.3) is 22.4 Å². The maximum Gasteiger partial charge on any atom is 0.0486 e. The maximum absolute atomic E-state index is 4.24. The Balaban J connectivity index is 2.18. The Labute approximate surface area is 119 Å². The summed E-state index contributed by atoms with van der Waals surface area (Å²) in [5, 5.41) is 0. The van der Waals surface area contributed by atoms with Crippen molar-refractivity contribution in [2.45, 2.75) is 13.3 Å². The van der Waals surface area contributed by atoms with Crippen LogP contribution in [0, 0.1) is 0 Å². The molecule has 100 valence electrons. The van der Waals surface area contributed by atoms with Gasteiger partial charge in [0.2, 0.25) is 0 Å². The zero-order valence-corrected chi connectivity index (χ0v) is 11.9. The minimum atomic E-state index is 1.01. The van der Waals surface area contributed by atoms with Gasteiger partial charge in [-0.15, -0.1) is 0 Å². The number of hydrogen-bond acceptors (Lipinski definition) is 1. The van der Waals surface area contributed by atoms with E-state index in [1.807, 2.05) is 18.5 Å². The molecule has 0 fully saturated rings. The molecule has 2 nitrogen and oxygen atoms in total. The van der Waals surface area contributed by atoms with Crippen molar-refractivity contribution in [1.82, 2.24) is 9.55 Å². The third-order valence-corrected chi connectivity index (χ3v) is 3.74. The lowest BCUT2D eigenvalue weighted by molar-refractivity contribution is 0.846. The molecule has 0 N–H and O–H groups in total. The van der Waals surface area contributed by atoms with Crippen LogP contribution in [0.5, 0.6) is 0 Å². The normalized spacial score (nSPS) is 10.7. The second-order valence-corrected chi connectivity index (χ2v) is 4.91. The second-order valence-electron chi connectivity index (χ2n) is 4.91. The Kier molecular flexibility index (Phi) is 3.38. The third-order valence-electron chi connectivity index (χ3n) is 3.74. The molecule has 2 heteroatoms. The van der Waals surface area contributed by atoms with Gasteiger partial charge in [-0.1, -0.05) is 43.3 Å². The quantitative estimate of drug-likeness (QED) is 0.687. The van der Waals surface area contributed by atoms with E-state index >= 15 is 0 Å². The minimum Gasteiger partial charge on any atom is -0.347 e. The summed E-state index contributed by atoms with van der Waals surface area (Å²) in [4.78, 5) is 4.24. The topological polar surface area (TPSA) is 17.8 Å². The van der Waals surface area contributed by atoms with E-state index in [4.69, 9.17) is 0 Å². The Morgan fingerprint density at radius 2 is 1.75 bits per heavy atom. The van der Waals surface area contributed by atoms with Crippen molar-refractivity contribution in [3.8, 4) is 22.4 Å². The van der Waals surface area contributed by atoms with Crippen molar-refractivity contribution < 1.29 is 0 Å². The molecule has 0 unspecified atom stereocenters. The highest BCUT2D eigenvalue weighted by Gasteiger charge is 2.13.